The van der Waals surface area contributed by atoms with E-state index in [0.29, 0.717) is 0 Å². The Morgan fingerprint density at radius 1 is 1.29 bits per heavy atom. The molecule has 1 unspecified atom stereocenters. The first-order chi connectivity index (χ1) is 19.7. The van der Waals surface area contributed by atoms with E-state index in [4.69, 9.17) is 10.5 Å². The van der Waals surface area contributed by atoms with E-state index in [2.05, 4.69) is 20.3 Å². The van der Waals surface area contributed by atoms with Gasteiger partial charge in [0, 0.05) is 22.8 Å². The lowest BCUT2D eigenvalue weighted by Crippen LogP contribution is -2.71. The summed E-state index contributed by atoms with van der Waals surface area (Å²) in [5.74, 6) is -6.82. The van der Waals surface area contributed by atoms with E-state index >= 15 is 0 Å². The molecule has 14 nitrogen and oxygen atoms in total. The smallest absolute Gasteiger partial charge is 0.493 e. The zero-order valence-electron chi connectivity index (χ0n) is 21.0. The molecule has 2 atom stereocenters. The molecule has 1 saturated heterocycles. The van der Waals surface area contributed by atoms with Crippen LogP contribution in [-0.4, -0.2) is 85.3 Å². The number of alkyl halides is 3. The van der Waals surface area contributed by atoms with Crippen LogP contribution in [0.5, 0.6) is 11.5 Å². The van der Waals surface area contributed by atoms with Gasteiger partial charge in [0.15, 0.2) is 16.6 Å². The molecule has 0 radical (unpaired) electrons. The molecule has 222 valence electrons. The predicted octanol–water partition coefficient (Wildman–Crippen LogP) is 1.26. The summed E-state index contributed by atoms with van der Waals surface area (Å²) in [6, 6.07) is 2.59. The maximum Gasteiger partial charge on any atom is 0.493 e. The lowest BCUT2D eigenvalue weighted by Gasteiger charge is -2.49. The van der Waals surface area contributed by atoms with Gasteiger partial charge in [0.1, 0.15) is 40.9 Å². The molecule has 2 amide bonds. The summed E-state index contributed by atoms with van der Waals surface area (Å²) in [5.41, 5.74) is 4.14. The van der Waals surface area contributed by atoms with Gasteiger partial charge in [-0.15, -0.1) is 23.1 Å². The number of carbonyl (C=O) groups excluding carboxylic acids is 4. The first kappa shape index (κ1) is 30.3. The van der Waals surface area contributed by atoms with E-state index in [-0.39, 0.29) is 51.6 Å². The number of nitrogens with two attached hydrogens (primary N) is 1. The maximum atomic E-state index is 13.0. The van der Waals surface area contributed by atoms with Crippen LogP contribution in [0.3, 0.4) is 0 Å². The van der Waals surface area contributed by atoms with Crippen molar-refractivity contribution in [2.45, 2.75) is 24.5 Å². The Morgan fingerprint density at radius 2 is 2.00 bits per heavy atom. The second-order valence-electron chi connectivity index (χ2n) is 8.53. The third kappa shape index (κ3) is 6.15. The number of rotatable bonds is 9. The van der Waals surface area contributed by atoms with E-state index in [1.54, 1.807) is 0 Å². The molecule has 0 bridgehead atoms. The molecule has 0 saturated carbocycles. The van der Waals surface area contributed by atoms with E-state index < -0.39 is 52.8 Å². The number of Topliss-reactive ketones (excluding diaryl/α,β-unsaturated/α-hetero) is 1. The number of aromatic nitrogens is 1. The lowest BCUT2D eigenvalue weighted by atomic mass is 10.0. The van der Waals surface area contributed by atoms with Crippen molar-refractivity contribution in [3.8, 4) is 11.5 Å². The Labute approximate surface area is 240 Å². The number of hydrogen-bond acceptors (Lipinski definition) is 13. The highest BCUT2D eigenvalue weighted by atomic mass is 32.2. The largest absolute Gasteiger partial charge is 0.507 e. The highest BCUT2D eigenvalue weighted by Gasteiger charge is 2.54. The number of ketones is 1. The number of halogens is 3. The fourth-order valence-corrected chi connectivity index (χ4v) is 5.69. The number of carboxylic acid groups (broad SMARTS) is 1. The summed E-state index contributed by atoms with van der Waals surface area (Å²) < 4.78 is 43.2. The normalized spacial score (nSPS) is 18.6. The number of aliphatic carboxylic acids is 1. The number of hydrogen-bond donors (Lipinski definition) is 4. The van der Waals surface area contributed by atoms with Crippen LogP contribution in [0.2, 0.25) is 0 Å². The summed E-state index contributed by atoms with van der Waals surface area (Å²) in [4.78, 5) is 69.0. The van der Waals surface area contributed by atoms with Crippen LogP contribution in [0.15, 0.2) is 40.0 Å². The first-order valence-electron chi connectivity index (χ1n) is 11.4. The van der Waals surface area contributed by atoms with Crippen molar-refractivity contribution in [3.63, 3.8) is 0 Å². The van der Waals surface area contributed by atoms with Gasteiger partial charge in [-0.3, -0.25) is 19.3 Å². The minimum Gasteiger partial charge on any atom is -0.507 e. The molecule has 0 spiro atoms. The molecule has 2 aliphatic rings. The van der Waals surface area contributed by atoms with Gasteiger partial charge in [-0.25, -0.2) is 14.6 Å². The number of nitrogen functional groups attached to an aromatic ring is 1. The second kappa shape index (κ2) is 11.7. The molecule has 1 aromatic carbocycles. The number of phenols is 1. The van der Waals surface area contributed by atoms with Gasteiger partial charge in [0.2, 0.25) is 0 Å². The number of ether oxygens (including phenoxy) is 1. The molecule has 19 heteroatoms. The van der Waals surface area contributed by atoms with Crippen molar-refractivity contribution < 1.29 is 56.9 Å². The second-order valence-corrected chi connectivity index (χ2v) is 10.5. The lowest BCUT2D eigenvalue weighted by molar-refractivity contribution is -0.199. The number of nitrogens with zero attached hydrogens (tertiary/aromatic N) is 3. The van der Waals surface area contributed by atoms with Gasteiger partial charge in [-0.2, -0.15) is 13.2 Å². The van der Waals surface area contributed by atoms with Gasteiger partial charge in [0.05, 0.1) is 5.56 Å². The van der Waals surface area contributed by atoms with Crippen LogP contribution in [0.1, 0.15) is 23.0 Å². The number of fused-ring (bicyclic) bond motifs is 1. The average molecular weight is 630 g/mol. The highest BCUT2D eigenvalue weighted by molar-refractivity contribution is 8.00. The molecule has 1 fully saturated rings. The fourth-order valence-electron chi connectivity index (χ4n) is 3.81. The van der Waals surface area contributed by atoms with Crippen LogP contribution in [-0.2, 0) is 24.0 Å². The number of carboxylic acids is 1. The number of thioether (sulfide) groups is 1. The van der Waals surface area contributed by atoms with Crippen molar-refractivity contribution in [2.75, 3.05) is 18.1 Å². The third-order valence-corrected chi connectivity index (χ3v) is 7.74. The van der Waals surface area contributed by atoms with Crippen molar-refractivity contribution in [3.05, 3.63) is 46.1 Å². The molecular formula is C23H18F3N5O9S2. The number of phenolic OH excluding ortho intramolecular Hbond substituents is 1. The zero-order chi connectivity index (χ0) is 30.9. The van der Waals surface area contributed by atoms with Crippen LogP contribution >= 0.6 is 23.1 Å². The number of nitrogens with one attached hydrogen (secondary N) is 1. The molecule has 5 N–H and O–H groups in total. The Kier molecular flexibility index (Phi) is 8.43. The van der Waals surface area contributed by atoms with Crippen LogP contribution < -0.4 is 15.8 Å². The number of β-lactam (4-membered cyclic amide) rings is 1. The molecule has 4 rings (SSSR count). The molecular weight excluding hydrogens is 611 g/mol. The first-order valence-corrected chi connectivity index (χ1v) is 13.4. The summed E-state index contributed by atoms with van der Waals surface area (Å²) in [5, 5.41) is 25.2. The van der Waals surface area contributed by atoms with Gasteiger partial charge < -0.3 is 30.8 Å². The Balaban J connectivity index is 1.50. The van der Waals surface area contributed by atoms with E-state index in [0.717, 1.165) is 33.4 Å². The average Bonchev–Trinajstić information content (AvgIpc) is 3.34. The number of benzene rings is 1. The van der Waals surface area contributed by atoms with Crippen molar-refractivity contribution in [1.82, 2.24) is 15.2 Å². The standard InChI is InChI=1S/C23H18F3N5O9S2/c1-8(32)11-3-2-10(4-13(11)33)39-5-9-6-41-19-15(18(35)31(19)16(9)20(36)37)29-17(34)14(12-7-42-22(27)28-12)30-40-21(38)23(24,25)26/h2-4,7,15,19,33H,5-6H2,1H3,(H2,27,28)(H,29,34)(H,36,37)/t15?,19-/m0/s1. The number of thiazole rings is 1. The van der Waals surface area contributed by atoms with Crippen LogP contribution in [0, 0.1) is 0 Å². The minimum atomic E-state index is -5.41. The van der Waals surface area contributed by atoms with Gasteiger partial charge >= 0.3 is 18.1 Å². The highest BCUT2D eigenvalue weighted by Crippen LogP contribution is 2.40. The van der Waals surface area contributed by atoms with Crippen molar-refractivity contribution >= 4 is 63.5 Å². The van der Waals surface area contributed by atoms with Crippen molar-refractivity contribution in [1.29, 1.82) is 0 Å². The summed E-state index contributed by atoms with van der Waals surface area (Å²) in [6.45, 7) is 0.966. The molecule has 42 heavy (non-hydrogen) atoms. The molecule has 0 aliphatic carbocycles. The Hall–Kier alpha value is -4.65. The van der Waals surface area contributed by atoms with Crippen LogP contribution in [0.25, 0.3) is 0 Å². The van der Waals surface area contributed by atoms with Gasteiger partial charge in [-0.1, -0.05) is 5.16 Å². The summed E-state index contributed by atoms with van der Waals surface area (Å²) in [6.07, 6.45) is -5.41. The number of amides is 2. The zero-order valence-corrected chi connectivity index (χ0v) is 22.6. The number of oxime groups is 1. The Morgan fingerprint density at radius 3 is 2.57 bits per heavy atom. The monoisotopic (exact) mass is 629 g/mol. The third-order valence-electron chi connectivity index (χ3n) is 5.73. The summed E-state index contributed by atoms with van der Waals surface area (Å²) in [7, 11) is 0. The summed E-state index contributed by atoms with van der Waals surface area (Å²) >= 11 is 1.87. The quantitative estimate of drug-likeness (QED) is 0.102. The van der Waals surface area contributed by atoms with E-state index in [9.17, 15) is 47.4 Å². The molecule has 2 aromatic rings. The van der Waals surface area contributed by atoms with Crippen molar-refractivity contribution in [2.24, 2.45) is 5.16 Å². The van der Waals surface area contributed by atoms with Gasteiger partial charge in [-0.05, 0) is 19.1 Å². The topological polar surface area (TPSA) is 211 Å². The molecule has 1 aromatic heterocycles. The minimum absolute atomic E-state index is 0.0344. The molecule has 3 heterocycles. The maximum absolute atomic E-state index is 13.0. The Bertz CT molecular complexity index is 1560. The fraction of sp³-hybridized carbons (Fsp3) is 0.261. The van der Waals surface area contributed by atoms with Crippen LogP contribution in [0.4, 0.5) is 18.3 Å². The number of anilines is 1. The van der Waals surface area contributed by atoms with E-state index in [1.807, 2.05) is 0 Å². The van der Waals surface area contributed by atoms with Gasteiger partial charge in [0.25, 0.3) is 11.8 Å². The predicted molar refractivity (Wildman–Crippen MR) is 139 cm³/mol. The molecule has 2 aliphatic heterocycles. The number of aromatic hydroxyl groups is 1. The number of carbonyl (C=O) groups is 5. The van der Waals surface area contributed by atoms with E-state index in [1.165, 1.54) is 25.1 Å². The SMILES string of the molecule is CC(=O)c1ccc(OCC2=C(C(=O)O)N3C(=O)C(NC(=O)C(=NOC(=O)C(F)(F)F)c4csc(N)n4)[C@@H]3SC2)cc1O.